The van der Waals surface area contributed by atoms with Gasteiger partial charge in [-0.2, -0.15) is 10.2 Å². The number of ether oxygens (including phenoxy) is 1. The number of benzene rings is 1. The number of rotatable bonds is 5. The van der Waals surface area contributed by atoms with Crippen molar-refractivity contribution in [3.05, 3.63) is 60.6 Å². The standard InChI is InChI=1S/C26H27N7O2/c1-4-24(34)32-15-19(13-20(32)16-35-3)33-23-10-11-28-26(27)25(23)22(30-33)9-7-17-6-8-21-18(12-17)14-31(5-2)29-21/h4,6,8,10-12,14,19-20H,1,5,13,15-16H2,2-3H3,(H2,27,28)/t19?,20-/m1/s1. The van der Waals surface area contributed by atoms with Crippen molar-refractivity contribution < 1.29 is 9.53 Å². The highest BCUT2D eigenvalue weighted by Gasteiger charge is 2.36. The summed E-state index contributed by atoms with van der Waals surface area (Å²) in [5, 5.41) is 11.1. The van der Waals surface area contributed by atoms with Crippen LogP contribution in [0, 0.1) is 11.8 Å². The van der Waals surface area contributed by atoms with Gasteiger partial charge in [0.1, 0.15) is 11.5 Å². The van der Waals surface area contributed by atoms with E-state index in [0.29, 0.717) is 31.1 Å². The Hall–Kier alpha value is -4.16. The number of aromatic nitrogens is 5. The Bertz CT molecular complexity index is 1490. The van der Waals surface area contributed by atoms with Crippen molar-refractivity contribution in [2.45, 2.75) is 32.0 Å². The lowest BCUT2D eigenvalue weighted by molar-refractivity contribution is -0.127. The molecule has 0 bridgehead atoms. The number of carbonyl (C=O) groups excluding carboxylic acids is 1. The van der Waals surface area contributed by atoms with E-state index in [2.05, 4.69) is 35.4 Å². The van der Waals surface area contributed by atoms with Crippen LogP contribution in [0.15, 0.2) is 49.3 Å². The fourth-order valence-electron chi connectivity index (χ4n) is 4.73. The third-order valence-electron chi connectivity index (χ3n) is 6.41. The van der Waals surface area contributed by atoms with Gasteiger partial charge < -0.3 is 15.4 Å². The number of carbonyl (C=O) groups is 1. The number of likely N-dealkylation sites (tertiary alicyclic amines) is 1. The number of anilines is 1. The first-order chi connectivity index (χ1) is 17.0. The van der Waals surface area contributed by atoms with E-state index >= 15 is 0 Å². The van der Waals surface area contributed by atoms with E-state index in [1.165, 1.54) is 6.08 Å². The largest absolute Gasteiger partial charge is 0.383 e. The summed E-state index contributed by atoms with van der Waals surface area (Å²) in [5.74, 6) is 6.69. The Kier molecular flexibility index (Phi) is 5.97. The van der Waals surface area contributed by atoms with Crippen molar-refractivity contribution in [3.8, 4) is 11.8 Å². The number of pyridine rings is 1. The highest BCUT2D eigenvalue weighted by atomic mass is 16.5. The number of hydrogen-bond donors (Lipinski definition) is 1. The van der Waals surface area contributed by atoms with Gasteiger partial charge in [0.15, 0.2) is 0 Å². The summed E-state index contributed by atoms with van der Waals surface area (Å²) in [4.78, 5) is 18.5. The van der Waals surface area contributed by atoms with Crippen LogP contribution in [0.5, 0.6) is 0 Å². The van der Waals surface area contributed by atoms with Gasteiger partial charge in [-0.25, -0.2) is 4.98 Å². The fourth-order valence-corrected chi connectivity index (χ4v) is 4.73. The van der Waals surface area contributed by atoms with Gasteiger partial charge in [0.05, 0.1) is 35.1 Å². The molecule has 1 amide bonds. The first-order valence-electron chi connectivity index (χ1n) is 11.6. The number of fused-ring (bicyclic) bond motifs is 2. The third-order valence-corrected chi connectivity index (χ3v) is 6.41. The van der Waals surface area contributed by atoms with Crippen LogP contribution in [-0.4, -0.2) is 61.7 Å². The first-order valence-corrected chi connectivity index (χ1v) is 11.6. The Balaban J connectivity index is 1.53. The summed E-state index contributed by atoms with van der Waals surface area (Å²) in [6, 6.07) is 7.73. The molecule has 1 aromatic carbocycles. The molecular weight excluding hydrogens is 442 g/mol. The molecule has 4 heterocycles. The molecule has 1 aliphatic rings. The van der Waals surface area contributed by atoms with Crippen molar-refractivity contribution in [2.75, 3.05) is 26.0 Å². The van der Waals surface area contributed by atoms with Crippen molar-refractivity contribution in [3.63, 3.8) is 0 Å². The topological polar surface area (TPSA) is 104 Å². The van der Waals surface area contributed by atoms with Crippen LogP contribution in [-0.2, 0) is 16.1 Å². The molecule has 4 aromatic rings. The minimum Gasteiger partial charge on any atom is -0.383 e. The zero-order valence-corrected chi connectivity index (χ0v) is 19.8. The Morgan fingerprint density at radius 3 is 2.94 bits per heavy atom. The van der Waals surface area contributed by atoms with Crippen LogP contribution in [0.4, 0.5) is 5.82 Å². The van der Waals surface area contributed by atoms with Gasteiger partial charge in [-0.1, -0.05) is 12.5 Å². The summed E-state index contributed by atoms with van der Waals surface area (Å²) >= 11 is 0. The zero-order valence-electron chi connectivity index (χ0n) is 19.8. The molecule has 1 aliphatic heterocycles. The van der Waals surface area contributed by atoms with Crippen LogP contribution in [0.2, 0.25) is 0 Å². The maximum absolute atomic E-state index is 12.4. The van der Waals surface area contributed by atoms with Gasteiger partial charge in [-0.3, -0.25) is 14.2 Å². The van der Waals surface area contributed by atoms with Gasteiger partial charge in [0, 0.05) is 43.5 Å². The number of nitrogens with two attached hydrogens (primary N) is 1. The molecule has 2 N–H and O–H groups in total. The molecule has 1 fully saturated rings. The first kappa shape index (κ1) is 22.6. The Morgan fingerprint density at radius 2 is 2.17 bits per heavy atom. The van der Waals surface area contributed by atoms with Crippen LogP contribution in [0.3, 0.4) is 0 Å². The molecule has 9 nitrogen and oxygen atoms in total. The maximum Gasteiger partial charge on any atom is 0.246 e. The zero-order chi connectivity index (χ0) is 24.5. The van der Waals surface area contributed by atoms with Crippen LogP contribution in [0.1, 0.15) is 30.6 Å². The summed E-state index contributed by atoms with van der Waals surface area (Å²) in [6.45, 7) is 7.46. The van der Waals surface area contributed by atoms with Crippen LogP contribution >= 0.6 is 0 Å². The van der Waals surface area contributed by atoms with Gasteiger partial charge in [-0.15, -0.1) is 0 Å². The smallest absolute Gasteiger partial charge is 0.246 e. The summed E-state index contributed by atoms with van der Waals surface area (Å²) in [7, 11) is 1.64. The maximum atomic E-state index is 12.4. The van der Waals surface area contributed by atoms with E-state index in [9.17, 15) is 4.79 Å². The SMILES string of the molecule is C=CC(=O)N1CC(n2nc(C#Cc3ccc4nn(CC)cc4c3)c3c(N)nccc32)C[C@@H]1COC. The molecule has 1 unspecified atom stereocenters. The second-order valence-corrected chi connectivity index (χ2v) is 8.59. The number of nitrogen functional groups attached to an aromatic ring is 1. The average molecular weight is 470 g/mol. The molecule has 178 valence electrons. The van der Waals surface area contributed by atoms with Gasteiger partial charge in [0.25, 0.3) is 0 Å². The highest BCUT2D eigenvalue weighted by Crippen LogP contribution is 2.32. The van der Waals surface area contributed by atoms with E-state index in [1.807, 2.05) is 39.8 Å². The Morgan fingerprint density at radius 1 is 1.31 bits per heavy atom. The van der Waals surface area contributed by atoms with Crippen molar-refractivity contribution in [2.24, 2.45) is 0 Å². The van der Waals surface area contributed by atoms with E-state index in [0.717, 1.165) is 33.9 Å². The quantitative estimate of drug-likeness (QED) is 0.356. The van der Waals surface area contributed by atoms with Crippen molar-refractivity contribution >= 4 is 33.5 Å². The number of hydrogen-bond acceptors (Lipinski definition) is 6. The lowest BCUT2D eigenvalue weighted by Crippen LogP contribution is -2.37. The minimum atomic E-state index is -0.117. The summed E-state index contributed by atoms with van der Waals surface area (Å²) in [5.41, 5.74) is 9.47. The minimum absolute atomic E-state index is 0.0462. The summed E-state index contributed by atoms with van der Waals surface area (Å²) < 4.78 is 9.18. The molecule has 0 radical (unpaired) electrons. The lowest BCUT2D eigenvalue weighted by Gasteiger charge is -2.22. The Labute approximate surface area is 203 Å². The molecule has 0 spiro atoms. The lowest BCUT2D eigenvalue weighted by atomic mass is 10.1. The second-order valence-electron chi connectivity index (χ2n) is 8.59. The molecule has 2 atom stereocenters. The highest BCUT2D eigenvalue weighted by molar-refractivity contribution is 5.93. The molecule has 5 rings (SSSR count). The van der Waals surface area contributed by atoms with E-state index in [4.69, 9.17) is 15.6 Å². The molecular formula is C26H27N7O2. The van der Waals surface area contributed by atoms with E-state index < -0.39 is 0 Å². The predicted molar refractivity (Wildman–Crippen MR) is 135 cm³/mol. The molecule has 9 heteroatoms. The monoisotopic (exact) mass is 469 g/mol. The van der Waals surface area contributed by atoms with E-state index in [1.54, 1.807) is 18.2 Å². The second kappa shape index (κ2) is 9.24. The fraction of sp³-hybridized carbons (Fsp3) is 0.308. The van der Waals surface area contributed by atoms with Crippen molar-refractivity contribution in [1.29, 1.82) is 0 Å². The normalized spacial score (nSPS) is 17.6. The molecule has 3 aromatic heterocycles. The van der Waals surface area contributed by atoms with E-state index in [-0.39, 0.29) is 18.0 Å². The summed E-state index contributed by atoms with van der Waals surface area (Å²) in [6.07, 6.45) is 5.73. The van der Waals surface area contributed by atoms with Crippen molar-refractivity contribution in [1.82, 2.24) is 29.4 Å². The molecule has 1 saturated heterocycles. The molecule has 35 heavy (non-hydrogen) atoms. The third kappa shape index (κ3) is 4.13. The van der Waals surface area contributed by atoms with Gasteiger partial charge in [-0.05, 0) is 49.6 Å². The van der Waals surface area contributed by atoms with Gasteiger partial charge in [0.2, 0.25) is 5.91 Å². The number of methoxy groups -OCH3 is 1. The van der Waals surface area contributed by atoms with Gasteiger partial charge >= 0.3 is 0 Å². The number of amides is 1. The van der Waals surface area contributed by atoms with Crippen LogP contribution in [0.25, 0.3) is 21.8 Å². The molecule has 0 aliphatic carbocycles. The number of aryl methyl sites for hydroxylation is 1. The predicted octanol–water partition coefficient (Wildman–Crippen LogP) is 2.76. The van der Waals surface area contributed by atoms with Crippen LogP contribution < -0.4 is 5.73 Å². The molecule has 0 saturated carbocycles. The number of nitrogens with zero attached hydrogens (tertiary/aromatic N) is 6. The average Bonchev–Trinajstić information content (AvgIpc) is 3.57.